The molecule has 106 valence electrons. The van der Waals surface area contributed by atoms with Crippen molar-refractivity contribution in [3.8, 4) is 0 Å². The van der Waals surface area contributed by atoms with Crippen LogP contribution in [0.3, 0.4) is 0 Å². The third-order valence-corrected chi connectivity index (χ3v) is 3.81. The van der Waals surface area contributed by atoms with Gasteiger partial charge in [0.15, 0.2) is 0 Å². The van der Waals surface area contributed by atoms with E-state index in [9.17, 15) is 4.79 Å². The van der Waals surface area contributed by atoms with Crippen molar-refractivity contribution in [3.63, 3.8) is 0 Å². The van der Waals surface area contributed by atoms with E-state index in [4.69, 9.17) is 4.42 Å². The molecule has 1 unspecified atom stereocenters. The molecule has 2 aromatic heterocycles. The molecule has 1 aliphatic rings. The Morgan fingerprint density at radius 3 is 3.15 bits per heavy atom. The van der Waals surface area contributed by atoms with Crippen molar-refractivity contribution in [3.05, 3.63) is 41.1 Å². The second-order valence-corrected chi connectivity index (χ2v) is 5.58. The number of furan rings is 1. The fourth-order valence-corrected chi connectivity index (χ4v) is 2.62. The lowest BCUT2D eigenvalue weighted by Gasteiger charge is -2.22. The van der Waals surface area contributed by atoms with Gasteiger partial charge in [0, 0.05) is 17.7 Å². The lowest BCUT2D eigenvalue weighted by atomic mass is 9.93. The van der Waals surface area contributed by atoms with Gasteiger partial charge in [-0.05, 0) is 30.9 Å². The van der Waals surface area contributed by atoms with Crippen molar-refractivity contribution in [1.29, 1.82) is 0 Å². The zero-order valence-corrected chi connectivity index (χ0v) is 11.8. The van der Waals surface area contributed by atoms with Crippen LogP contribution in [0.1, 0.15) is 66.2 Å². The van der Waals surface area contributed by atoms with Gasteiger partial charge in [0.25, 0.3) is 5.91 Å². The van der Waals surface area contributed by atoms with Crippen LogP contribution in [0.25, 0.3) is 0 Å². The maximum absolute atomic E-state index is 12.3. The molecule has 0 aromatic carbocycles. The van der Waals surface area contributed by atoms with Gasteiger partial charge in [-0.15, -0.1) is 0 Å². The number of aryl methyl sites for hydroxylation is 1. The third kappa shape index (κ3) is 2.35. The molecule has 1 aliphatic carbocycles. The second-order valence-electron chi connectivity index (χ2n) is 5.58. The zero-order chi connectivity index (χ0) is 14.1. The van der Waals surface area contributed by atoms with E-state index < -0.39 is 0 Å². The van der Waals surface area contributed by atoms with Crippen LogP contribution in [0, 0.1) is 0 Å². The zero-order valence-electron chi connectivity index (χ0n) is 11.8. The summed E-state index contributed by atoms with van der Waals surface area (Å²) in [5.41, 5.74) is 2.52. The maximum atomic E-state index is 12.3. The first-order chi connectivity index (χ1) is 9.65. The van der Waals surface area contributed by atoms with Gasteiger partial charge in [-0.2, -0.15) is 5.10 Å². The topological polar surface area (TPSA) is 70.9 Å². The standard InChI is InChI=1S/C15H19N3O2/c1-9(2)12-8-13(18-17-12)15(19)16-11-4-3-5-14-10(11)6-7-20-14/h6-9,11H,3-5H2,1-2H3,(H,16,19)(H,17,18). The van der Waals surface area contributed by atoms with E-state index in [-0.39, 0.29) is 11.9 Å². The molecule has 0 saturated heterocycles. The van der Waals surface area contributed by atoms with Crippen molar-refractivity contribution in [2.45, 2.75) is 45.1 Å². The van der Waals surface area contributed by atoms with Crippen LogP contribution in [0.2, 0.25) is 0 Å². The third-order valence-electron chi connectivity index (χ3n) is 3.81. The average molecular weight is 273 g/mol. The number of aromatic nitrogens is 2. The molecule has 5 nitrogen and oxygen atoms in total. The summed E-state index contributed by atoms with van der Waals surface area (Å²) >= 11 is 0. The van der Waals surface area contributed by atoms with Crippen LogP contribution < -0.4 is 5.32 Å². The first kappa shape index (κ1) is 13.0. The summed E-state index contributed by atoms with van der Waals surface area (Å²) in [5, 5.41) is 10.0. The van der Waals surface area contributed by atoms with Gasteiger partial charge >= 0.3 is 0 Å². The number of hydrogen-bond acceptors (Lipinski definition) is 3. The Hall–Kier alpha value is -2.04. The number of aromatic amines is 1. The molecule has 1 atom stereocenters. The van der Waals surface area contributed by atoms with Crippen LogP contribution >= 0.6 is 0 Å². The first-order valence-corrected chi connectivity index (χ1v) is 7.07. The predicted molar refractivity (Wildman–Crippen MR) is 74.5 cm³/mol. The molecular weight excluding hydrogens is 254 g/mol. The second kappa shape index (κ2) is 5.15. The molecule has 3 rings (SSSR count). The highest BCUT2D eigenvalue weighted by molar-refractivity contribution is 5.92. The summed E-state index contributed by atoms with van der Waals surface area (Å²) in [4.78, 5) is 12.3. The van der Waals surface area contributed by atoms with Crippen LogP contribution in [0.5, 0.6) is 0 Å². The molecule has 0 bridgehead atoms. The molecule has 2 aromatic rings. The van der Waals surface area contributed by atoms with Crippen molar-refractivity contribution in [2.24, 2.45) is 0 Å². The summed E-state index contributed by atoms with van der Waals surface area (Å²) in [6.07, 6.45) is 4.62. The number of hydrogen-bond donors (Lipinski definition) is 2. The molecule has 0 radical (unpaired) electrons. The Morgan fingerprint density at radius 1 is 1.55 bits per heavy atom. The largest absolute Gasteiger partial charge is 0.469 e. The number of H-pyrrole nitrogens is 1. The van der Waals surface area contributed by atoms with Gasteiger partial charge in [0.2, 0.25) is 0 Å². The van der Waals surface area contributed by atoms with Crippen LogP contribution in [0.4, 0.5) is 0 Å². The summed E-state index contributed by atoms with van der Waals surface area (Å²) in [6.45, 7) is 4.13. The minimum Gasteiger partial charge on any atom is -0.469 e. The molecule has 0 saturated carbocycles. The number of carbonyl (C=O) groups is 1. The molecule has 20 heavy (non-hydrogen) atoms. The highest BCUT2D eigenvalue weighted by Gasteiger charge is 2.25. The maximum Gasteiger partial charge on any atom is 0.272 e. The number of carbonyl (C=O) groups excluding carboxylic acids is 1. The van der Waals surface area contributed by atoms with E-state index in [1.54, 1.807) is 6.26 Å². The normalized spacial score (nSPS) is 18.1. The van der Waals surface area contributed by atoms with Gasteiger partial charge in [-0.3, -0.25) is 9.89 Å². The number of fused-ring (bicyclic) bond motifs is 1. The number of amides is 1. The first-order valence-electron chi connectivity index (χ1n) is 7.07. The van der Waals surface area contributed by atoms with Crippen molar-refractivity contribution in [1.82, 2.24) is 15.5 Å². The molecule has 0 fully saturated rings. The van der Waals surface area contributed by atoms with Gasteiger partial charge in [0.1, 0.15) is 11.5 Å². The summed E-state index contributed by atoms with van der Waals surface area (Å²) in [5.74, 6) is 1.19. The highest BCUT2D eigenvalue weighted by Crippen LogP contribution is 2.30. The fraction of sp³-hybridized carbons (Fsp3) is 0.467. The Labute approximate surface area is 117 Å². The summed E-state index contributed by atoms with van der Waals surface area (Å²) in [7, 11) is 0. The van der Waals surface area contributed by atoms with Gasteiger partial charge in [0.05, 0.1) is 12.3 Å². The van der Waals surface area contributed by atoms with Crippen LogP contribution in [0.15, 0.2) is 22.8 Å². The Morgan fingerprint density at radius 2 is 2.40 bits per heavy atom. The van der Waals surface area contributed by atoms with E-state index in [1.165, 1.54) is 0 Å². The molecule has 2 heterocycles. The molecule has 0 spiro atoms. The van der Waals surface area contributed by atoms with Crippen LogP contribution in [-0.2, 0) is 6.42 Å². The number of rotatable bonds is 3. The van der Waals surface area contributed by atoms with Crippen molar-refractivity contribution in [2.75, 3.05) is 0 Å². The lowest BCUT2D eigenvalue weighted by molar-refractivity contribution is 0.0927. The number of nitrogens with one attached hydrogen (secondary N) is 2. The van der Waals surface area contributed by atoms with E-state index in [0.717, 1.165) is 36.3 Å². The molecular formula is C15H19N3O2. The van der Waals surface area contributed by atoms with Gasteiger partial charge < -0.3 is 9.73 Å². The quantitative estimate of drug-likeness (QED) is 0.903. The van der Waals surface area contributed by atoms with Crippen LogP contribution in [-0.4, -0.2) is 16.1 Å². The Kier molecular flexibility index (Phi) is 3.34. The Bertz CT molecular complexity index is 612. The average Bonchev–Trinajstić information content (AvgIpc) is 3.08. The summed E-state index contributed by atoms with van der Waals surface area (Å²) in [6, 6.07) is 3.80. The van der Waals surface area contributed by atoms with Crippen molar-refractivity contribution >= 4 is 5.91 Å². The Balaban J connectivity index is 1.74. The molecule has 2 N–H and O–H groups in total. The highest BCUT2D eigenvalue weighted by atomic mass is 16.3. The molecule has 1 amide bonds. The van der Waals surface area contributed by atoms with Gasteiger partial charge in [-0.25, -0.2) is 0 Å². The lowest BCUT2D eigenvalue weighted by Crippen LogP contribution is -2.30. The van der Waals surface area contributed by atoms with E-state index in [1.807, 2.05) is 12.1 Å². The number of nitrogens with zero attached hydrogens (tertiary/aromatic N) is 1. The van der Waals surface area contributed by atoms with Crippen molar-refractivity contribution < 1.29 is 9.21 Å². The molecule has 0 aliphatic heterocycles. The fourth-order valence-electron chi connectivity index (χ4n) is 2.62. The smallest absolute Gasteiger partial charge is 0.272 e. The van der Waals surface area contributed by atoms with Gasteiger partial charge in [-0.1, -0.05) is 13.8 Å². The summed E-state index contributed by atoms with van der Waals surface area (Å²) < 4.78 is 5.44. The molecule has 5 heteroatoms. The monoisotopic (exact) mass is 273 g/mol. The van der Waals surface area contributed by atoms with E-state index in [2.05, 4.69) is 29.4 Å². The predicted octanol–water partition coefficient (Wildman–Crippen LogP) is 2.93. The SMILES string of the molecule is CC(C)c1cc(C(=O)NC2CCCc3occc32)n[nH]1. The van der Waals surface area contributed by atoms with E-state index in [0.29, 0.717) is 11.6 Å². The minimum atomic E-state index is -0.132. The van der Waals surface area contributed by atoms with E-state index >= 15 is 0 Å². The minimum absolute atomic E-state index is 0.0317.